The number of nitrogens with one attached hydrogen (secondary N) is 2. The van der Waals surface area contributed by atoms with Gasteiger partial charge in [0, 0.05) is 49.4 Å². The fourth-order valence-corrected chi connectivity index (χ4v) is 4.08. The van der Waals surface area contributed by atoms with E-state index in [4.69, 9.17) is 10.5 Å². The van der Waals surface area contributed by atoms with Crippen LogP contribution in [0.25, 0.3) is 0 Å². The molecule has 0 amide bonds. The summed E-state index contributed by atoms with van der Waals surface area (Å²) in [6.07, 6.45) is -0.355. The minimum absolute atomic E-state index is 0.0871. The maximum Gasteiger partial charge on any atom is 0.490 e. The number of morpholine rings is 1. The molecule has 1 aromatic heterocycles. The lowest BCUT2D eigenvalue weighted by Gasteiger charge is -2.38. The highest BCUT2D eigenvalue weighted by Gasteiger charge is 2.41. The predicted octanol–water partition coefficient (Wildman–Crippen LogP) is 1.25. The van der Waals surface area contributed by atoms with Gasteiger partial charge in [0.25, 0.3) is 0 Å². The highest BCUT2D eigenvalue weighted by atomic mass is 19.4. The molecule has 0 spiro atoms. The lowest BCUT2D eigenvalue weighted by Crippen LogP contribution is -2.44. The normalized spacial score (nSPS) is 25.0. The Bertz CT molecular complexity index is 655. The molecule has 1 saturated heterocycles. The molecule has 2 heterocycles. The molecule has 1 unspecified atom stereocenters. The van der Waals surface area contributed by atoms with Crippen molar-refractivity contribution in [2.45, 2.75) is 56.6 Å². The van der Waals surface area contributed by atoms with Crippen LogP contribution >= 0.6 is 0 Å². The summed E-state index contributed by atoms with van der Waals surface area (Å²) in [6, 6.07) is 0.598. The van der Waals surface area contributed by atoms with E-state index in [0.29, 0.717) is 18.5 Å². The van der Waals surface area contributed by atoms with Crippen molar-refractivity contribution >= 4 is 5.97 Å². The second kappa shape index (κ2) is 9.88. The number of ether oxygens (including phenoxy) is 2. The number of esters is 1. The van der Waals surface area contributed by atoms with Gasteiger partial charge in [-0.3, -0.25) is 15.7 Å². The third kappa shape index (κ3) is 6.14. The van der Waals surface area contributed by atoms with E-state index in [9.17, 15) is 18.0 Å². The number of hydrogen-bond donors (Lipinski definition) is 3. The molecule has 8 nitrogen and oxygen atoms in total. The molecule has 1 atom stereocenters. The fraction of sp³-hybridized carbons (Fsp3) is 0.778. The first-order valence-electron chi connectivity index (χ1n) is 9.92. The highest BCUT2D eigenvalue weighted by Crippen LogP contribution is 2.35. The molecule has 1 aromatic rings. The number of carbonyl (C=O) groups is 1. The SMILES string of the molecule is NC(CNCc1cn[nH]c1C1CCC(N2CCOCC2)CC1)OC(=O)C(F)(F)F. The number of rotatable bonds is 7. The topological polar surface area (TPSA) is 106 Å². The summed E-state index contributed by atoms with van der Waals surface area (Å²) in [5.74, 6) is -1.91. The second-order valence-electron chi connectivity index (χ2n) is 7.54. The molecule has 1 saturated carbocycles. The zero-order valence-electron chi connectivity index (χ0n) is 16.2. The van der Waals surface area contributed by atoms with Crippen LogP contribution in [0.4, 0.5) is 13.2 Å². The van der Waals surface area contributed by atoms with E-state index in [-0.39, 0.29) is 6.54 Å². The number of hydrogen-bond acceptors (Lipinski definition) is 7. The number of H-pyrrole nitrogens is 1. The van der Waals surface area contributed by atoms with Gasteiger partial charge in [0.05, 0.1) is 19.4 Å². The van der Waals surface area contributed by atoms with Gasteiger partial charge in [-0.25, -0.2) is 4.79 Å². The summed E-state index contributed by atoms with van der Waals surface area (Å²) >= 11 is 0. The fourth-order valence-electron chi connectivity index (χ4n) is 4.08. The first-order valence-corrected chi connectivity index (χ1v) is 9.92. The van der Waals surface area contributed by atoms with E-state index < -0.39 is 18.4 Å². The Labute approximate surface area is 167 Å². The van der Waals surface area contributed by atoms with Crippen molar-refractivity contribution < 1.29 is 27.4 Å². The molecule has 0 aromatic carbocycles. The van der Waals surface area contributed by atoms with Crippen LogP contribution in [0, 0.1) is 0 Å². The van der Waals surface area contributed by atoms with Crippen LogP contribution in [0.15, 0.2) is 6.20 Å². The molecule has 11 heteroatoms. The lowest BCUT2D eigenvalue weighted by molar-refractivity contribution is -0.204. The summed E-state index contributed by atoms with van der Waals surface area (Å²) < 4.78 is 46.2. The van der Waals surface area contributed by atoms with Crippen molar-refractivity contribution in [1.82, 2.24) is 20.4 Å². The molecule has 2 aliphatic rings. The number of aromatic amines is 1. The van der Waals surface area contributed by atoms with Crippen molar-refractivity contribution in [3.05, 3.63) is 17.5 Å². The average Bonchev–Trinajstić information content (AvgIpc) is 3.16. The molecular weight excluding hydrogens is 391 g/mol. The van der Waals surface area contributed by atoms with Crippen LogP contribution in [0.2, 0.25) is 0 Å². The van der Waals surface area contributed by atoms with Crippen molar-refractivity contribution in [3.8, 4) is 0 Å². The molecule has 0 bridgehead atoms. The van der Waals surface area contributed by atoms with Gasteiger partial charge in [-0.15, -0.1) is 0 Å². The zero-order chi connectivity index (χ0) is 20.9. The molecule has 1 aliphatic heterocycles. The smallest absolute Gasteiger partial charge is 0.439 e. The zero-order valence-corrected chi connectivity index (χ0v) is 16.2. The standard InChI is InChI=1S/C18H28F3N5O3/c19-18(20,21)17(27)29-15(22)11-23-9-13-10-24-25-16(13)12-1-3-14(4-2-12)26-5-7-28-8-6-26/h10,12,14-15,23H,1-9,11,22H2,(H,24,25). The third-order valence-electron chi connectivity index (χ3n) is 5.57. The summed E-state index contributed by atoms with van der Waals surface area (Å²) in [6.45, 7) is 3.89. The average molecular weight is 419 g/mol. The Morgan fingerprint density at radius 2 is 2.03 bits per heavy atom. The van der Waals surface area contributed by atoms with Crippen LogP contribution in [-0.2, 0) is 20.8 Å². The molecular formula is C18H28F3N5O3. The summed E-state index contributed by atoms with van der Waals surface area (Å²) in [5, 5.41) is 10.1. The molecule has 29 heavy (non-hydrogen) atoms. The lowest BCUT2D eigenvalue weighted by atomic mass is 9.82. The summed E-state index contributed by atoms with van der Waals surface area (Å²) in [7, 11) is 0. The monoisotopic (exact) mass is 419 g/mol. The first-order chi connectivity index (χ1) is 13.8. The van der Waals surface area contributed by atoms with Gasteiger partial charge in [0.15, 0.2) is 6.23 Å². The number of carbonyl (C=O) groups excluding carboxylic acids is 1. The van der Waals surface area contributed by atoms with E-state index in [0.717, 1.165) is 63.2 Å². The molecule has 4 N–H and O–H groups in total. The van der Waals surface area contributed by atoms with Crippen LogP contribution < -0.4 is 11.1 Å². The van der Waals surface area contributed by atoms with E-state index in [1.165, 1.54) is 0 Å². The van der Waals surface area contributed by atoms with Gasteiger partial charge >= 0.3 is 12.1 Å². The van der Waals surface area contributed by atoms with E-state index in [1.807, 2.05) is 0 Å². The summed E-state index contributed by atoms with van der Waals surface area (Å²) in [4.78, 5) is 13.3. The Morgan fingerprint density at radius 1 is 1.34 bits per heavy atom. The molecule has 0 radical (unpaired) electrons. The largest absolute Gasteiger partial charge is 0.490 e. The minimum atomic E-state index is -5.05. The predicted molar refractivity (Wildman–Crippen MR) is 97.8 cm³/mol. The minimum Gasteiger partial charge on any atom is -0.439 e. The van der Waals surface area contributed by atoms with E-state index >= 15 is 0 Å². The van der Waals surface area contributed by atoms with Crippen molar-refractivity contribution in [2.75, 3.05) is 32.8 Å². The van der Waals surface area contributed by atoms with Crippen LogP contribution in [0.3, 0.4) is 0 Å². The summed E-state index contributed by atoms with van der Waals surface area (Å²) in [5.41, 5.74) is 7.44. The Morgan fingerprint density at radius 3 is 2.69 bits per heavy atom. The van der Waals surface area contributed by atoms with E-state index in [1.54, 1.807) is 6.20 Å². The van der Waals surface area contributed by atoms with Crippen LogP contribution in [0.1, 0.15) is 42.9 Å². The Hall–Kier alpha value is -1.69. The number of nitrogens with two attached hydrogens (primary N) is 1. The van der Waals surface area contributed by atoms with Crippen LogP contribution in [-0.4, -0.2) is 72.4 Å². The quantitative estimate of drug-likeness (QED) is 0.451. The van der Waals surface area contributed by atoms with Gasteiger partial charge in [0.1, 0.15) is 0 Å². The first kappa shape index (κ1) is 22.0. The van der Waals surface area contributed by atoms with Gasteiger partial charge in [-0.2, -0.15) is 18.3 Å². The molecule has 1 aliphatic carbocycles. The molecule has 3 rings (SSSR count). The number of halogens is 3. The number of alkyl halides is 3. The van der Waals surface area contributed by atoms with Gasteiger partial charge in [-0.05, 0) is 25.7 Å². The Kier molecular flexibility index (Phi) is 7.49. The third-order valence-corrected chi connectivity index (χ3v) is 5.57. The maximum absolute atomic E-state index is 12.2. The Balaban J connectivity index is 1.43. The van der Waals surface area contributed by atoms with Gasteiger partial charge in [-0.1, -0.05) is 0 Å². The highest BCUT2D eigenvalue weighted by molar-refractivity contribution is 5.75. The van der Waals surface area contributed by atoms with E-state index in [2.05, 4.69) is 25.2 Å². The van der Waals surface area contributed by atoms with Gasteiger partial charge in [0.2, 0.25) is 0 Å². The van der Waals surface area contributed by atoms with Crippen molar-refractivity contribution in [3.63, 3.8) is 0 Å². The molecule has 164 valence electrons. The van der Waals surface area contributed by atoms with Crippen LogP contribution in [0.5, 0.6) is 0 Å². The van der Waals surface area contributed by atoms with Crippen molar-refractivity contribution in [1.29, 1.82) is 0 Å². The maximum atomic E-state index is 12.2. The van der Waals surface area contributed by atoms with Crippen molar-refractivity contribution in [2.24, 2.45) is 5.73 Å². The number of aromatic nitrogens is 2. The molecule has 2 fully saturated rings. The van der Waals surface area contributed by atoms with Gasteiger partial charge < -0.3 is 14.8 Å². The number of nitrogens with zero attached hydrogens (tertiary/aromatic N) is 2. The second-order valence-corrected chi connectivity index (χ2v) is 7.54.